The van der Waals surface area contributed by atoms with Crippen LogP contribution in [0, 0.1) is 6.92 Å². The summed E-state index contributed by atoms with van der Waals surface area (Å²) in [5.74, 6) is 0.0434. The van der Waals surface area contributed by atoms with Gasteiger partial charge in [-0.05, 0) is 25.8 Å². The molecule has 0 fully saturated rings. The first-order valence-corrected chi connectivity index (χ1v) is 6.27. The van der Waals surface area contributed by atoms with Gasteiger partial charge in [-0.25, -0.2) is 14.8 Å². The van der Waals surface area contributed by atoms with Gasteiger partial charge in [0.1, 0.15) is 11.3 Å². The van der Waals surface area contributed by atoms with E-state index in [1.165, 1.54) is 6.42 Å². The van der Waals surface area contributed by atoms with Gasteiger partial charge in [0.25, 0.3) is 0 Å². The molecule has 102 valence electrons. The third-order valence-electron chi connectivity index (χ3n) is 3.42. The van der Waals surface area contributed by atoms with Gasteiger partial charge in [0, 0.05) is 18.7 Å². The number of hydrogen-bond donors (Lipinski definition) is 1. The maximum Gasteiger partial charge on any atom is 0.338 e. The van der Waals surface area contributed by atoms with Gasteiger partial charge in [0.15, 0.2) is 5.65 Å². The molecule has 0 spiro atoms. The van der Waals surface area contributed by atoms with Crippen molar-refractivity contribution in [2.75, 3.05) is 0 Å². The van der Waals surface area contributed by atoms with Crippen molar-refractivity contribution in [3.05, 3.63) is 23.1 Å². The summed E-state index contributed by atoms with van der Waals surface area (Å²) >= 11 is 0. The molecule has 0 aromatic carbocycles. The highest BCUT2D eigenvalue weighted by atomic mass is 35.5. The third kappa shape index (κ3) is 2.30. The smallest absolute Gasteiger partial charge is 0.338 e. The number of carboxylic acids is 1. The van der Waals surface area contributed by atoms with Crippen molar-refractivity contribution in [1.29, 1.82) is 0 Å². The minimum absolute atomic E-state index is 0. The first-order chi connectivity index (χ1) is 8.66. The van der Waals surface area contributed by atoms with Crippen molar-refractivity contribution in [2.45, 2.75) is 39.2 Å². The predicted molar refractivity (Wildman–Crippen MR) is 74.0 cm³/mol. The second-order valence-electron chi connectivity index (χ2n) is 4.78. The van der Waals surface area contributed by atoms with Crippen molar-refractivity contribution in [3.8, 4) is 0 Å². The van der Waals surface area contributed by atoms with Gasteiger partial charge < -0.3 is 9.67 Å². The van der Waals surface area contributed by atoms with Crippen molar-refractivity contribution >= 4 is 29.5 Å². The zero-order valence-corrected chi connectivity index (χ0v) is 11.5. The van der Waals surface area contributed by atoms with Crippen LogP contribution >= 0.6 is 12.4 Å². The van der Waals surface area contributed by atoms with E-state index >= 15 is 0 Å². The van der Waals surface area contributed by atoms with Crippen molar-refractivity contribution in [1.82, 2.24) is 14.5 Å². The summed E-state index contributed by atoms with van der Waals surface area (Å²) in [5.41, 5.74) is 2.25. The quantitative estimate of drug-likeness (QED) is 0.872. The van der Waals surface area contributed by atoms with Gasteiger partial charge in [-0.15, -0.1) is 12.4 Å². The highest BCUT2D eigenvalue weighted by molar-refractivity contribution is 6.00. The van der Waals surface area contributed by atoms with Crippen LogP contribution in [0.2, 0.25) is 0 Å². The minimum Gasteiger partial charge on any atom is -0.478 e. The lowest BCUT2D eigenvalue weighted by molar-refractivity contribution is 0.0698. The summed E-state index contributed by atoms with van der Waals surface area (Å²) in [6, 6.07) is 1.59. The minimum atomic E-state index is -0.932. The monoisotopic (exact) mass is 281 g/mol. The normalized spacial score (nSPS) is 14.6. The van der Waals surface area contributed by atoms with Crippen LogP contribution in [0.5, 0.6) is 0 Å². The lowest BCUT2D eigenvalue weighted by Crippen LogP contribution is -2.03. The number of carbonyl (C=O) groups is 1. The highest BCUT2D eigenvalue weighted by Gasteiger charge is 2.20. The Labute approximate surface area is 117 Å². The van der Waals surface area contributed by atoms with Crippen LogP contribution in [0.4, 0.5) is 0 Å². The molecule has 2 aromatic heterocycles. The number of rotatable bonds is 1. The van der Waals surface area contributed by atoms with Gasteiger partial charge in [-0.2, -0.15) is 0 Å². The molecule has 19 heavy (non-hydrogen) atoms. The summed E-state index contributed by atoms with van der Waals surface area (Å²) in [4.78, 5) is 20.2. The number of fused-ring (bicyclic) bond motifs is 3. The second kappa shape index (κ2) is 5.17. The largest absolute Gasteiger partial charge is 0.478 e. The summed E-state index contributed by atoms with van der Waals surface area (Å²) in [6.07, 6.45) is 4.33. The Bertz CT molecular complexity index is 636. The van der Waals surface area contributed by atoms with E-state index in [0.29, 0.717) is 5.52 Å². The van der Waals surface area contributed by atoms with Crippen LogP contribution in [-0.2, 0) is 13.0 Å². The molecule has 0 unspecified atom stereocenters. The Hall–Kier alpha value is -1.62. The van der Waals surface area contributed by atoms with E-state index in [0.717, 1.165) is 43.0 Å². The summed E-state index contributed by atoms with van der Waals surface area (Å²) in [5, 5.41) is 9.25. The molecule has 1 N–H and O–H groups in total. The van der Waals surface area contributed by atoms with Crippen molar-refractivity contribution < 1.29 is 9.90 Å². The standard InChI is InChI=1S/C13H15N3O2.ClH/c1-8-7-9(13(17)18)11-12(14-8)16-6-4-2-3-5-10(16)15-11;/h7H,2-6H2,1H3,(H,17,18);1H. The molecular weight excluding hydrogens is 266 g/mol. The number of hydrogen-bond acceptors (Lipinski definition) is 3. The predicted octanol–water partition coefficient (Wildman–Crippen LogP) is 2.59. The number of aromatic carboxylic acids is 1. The van der Waals surface area contributed by atoms with Crippen LogP contribution in [0.15, 0.2) is 6.07 Å². The Morgan fingerprint density at radius 2 is 2.11 bits per heavy atom. The molecule has 3 heterocycles. The second-order valence-corrected chi connectivity index (χ2v) is 4.78. The molecule has 1 aliphatic rings. The summed E-state index contributed by atoms with van der Waals surface area (Å²) in [6.45, 7) is 2.71. The number of pyridine rings is 1. The van der Waals surface area contributed by atoms with E-state index in [9.17, 15) is 9.90 Å². The molecule has 0 saturated carbocycles. The van der Waals surface area contributed by atoms with E-state index in [1.54, 1.807) is 6.07 Å². The van der Waals surface area contributed by atoms with Crippen LogP contribution in [0.25, 0.3) is 11.2 Å². The number of aromatic nitrogens is 3. The number of imidazole rings is 1. The Kier molecular flexibility index (Phi) is 3.75. The van der Waals surface area contributed by atoms with Gasteiger partial charge >= 0.3 is 5.97 Å². The molecule has 0 atom stereocenters. The van der Waals surface area contributed by atoms with E-state index in [2.05, 4.69) is 14.5 Å². The van der Waals surface area contributed by atoms with Gasteiger partial charge in [0.2, 0.25) is 0 Å². The molecule has 0 amide bonds. The lowest BCUT2D eigenvalue weighted by atomic mass is 10.2. The fourth-order valence-electron chi connectivity index (χ4n) is 2.58. The molecule has 0 radical (unpaired) electrons. The summed E-state index contributed by atoms with van der Waals surface area (Å²) in [7, 11) is 0. The van der Waals surface area contributed by atoms with Crippen LogP contribution in [0.3, 0.4) is 0 Å². The highest BCUT2D eigenvalue weighted by Crippen LogP contribution is 2.23. The Balaban J connectivity index is 0.00000133. The molecular formula is C13H16ClN3O2. The van der Waals surface area contributed by atoms with E-state index in [4.69, 9.17) is 0 Å². The zero-order chi connectivity index (χ0) is 12.7. The van der Waals surface area contributed by atoms with Gasteiger partial charge in [-0.1, -0.05) is 6.42 Å². The fraction of sp³-hybridized carbons (Fsp3) is 0.462. The SMILES string of the molecule is Cc1cc(C(=O)O)c2nc3n(c2n1)CCCCC3.Cl. The number of carboxylic acid groups (broad SMARTS) is 1. The zero-order valence-electron chi connectivity index (χ0n) is 10.7. The molecule has 0 aliphatic carbocycles. The topological polar surface area (TPSA) is 68.0 Å². The molecule has 5 nitrogen and oxygen atoms in total. The maximum atomic E-state index is 11.3. The Morgan fingerprint density at radius 1 is 1.32 bits per heavy atom. The average Bonchev–Trinajstić information content (AvgIpc) is 2.53. The van der Waals surface area contributed by atoms with Crippen LogP contribution in [-0.4, -0.2) is 25.6 Å². The van der Waals surface area contributed by atoms with Gasteiger partial charge in [0.05, 0.1) is 5.56 Å². The van der Waals surface area contributed by atoms with Crippen LogP contribution < -0.4 is 0 Å². The fourth-order valence-corrected chi connectivity index (χ4v) is 2.58. The molecule has 0 bridgehead atoms. The molecule has 0 saturated heterocycles. The van der Waals surface area contributed by atoms with E-state index in [-0.39, 0.29) is 18.0 Å². The summed E-state index contributed by atoms with van der Waals surface area (Å²) < 4.78 is 2.09. The number of halogens is 1. The molecule has 1 aliphatic heterocycles. The van der Waals surface area contributed by atoms with E-state index < -0.39 is 5.97 Å². The molecule has 3 rings (SSSR count). The van der Waals surface area contributed by atoms with Crippen molar-refractivity contribution in [2.24, 2.45) is 0 Å². The maximum absolute atomic E-state index is 11.3. The van der Waals surface area contributed by atoms with Crippen molar-refractivity contribution in [3.63, 3.8) is 0 Å². The van der Waals surface area contributed by atoms with Crippen LogP contribution in [0.1, 0.15) is 41.1 Å². The number of nitrogens with zero attached hydrogens (tertiary/aromatic N) is 3. The first-order valence-electron chi connectivity index (χ1n) is 6.27. The third-order valence-corrected chi connectivity index (χ3v) is 3.42. The first kappa shape index (κ1) is 13.8. The molecule has 2 aromatic rings. The lowest BCUT2D eigenvalue weighted by Gasteiger charge is -2.04. The molecule has 6 heteroatoms. The Morgan fingerprint density at radius 3 is 2.84 bits per heavy atom. The average molecular weight is 282 g/mol. The number of aryl methyl sites for hydroxylation is 3. The van der Waals surface area contributed by atoms with E-state index in [1.807, 2.05) is 6.92 Å². The van der Waals surface area contributed by atoms with Gasteiger partial charge in [-0.3, -0.25) is 0 Å².